The lowest BCUT2D eigenvalue weighted by molar-refractivity contribution is -0.386. The van der Waals surface area contributed by atoms with Crippen LogP contribution in [0, 0.1) is 20.2 Å². The third-order valence-corrected chi connectivity index (χ3v) is 8.54. The first-order valence-corrected chi connectivity index (χ1v) is 18.2. The van der Waals surface area contributed by atoms with Gasteiger partial charge < -0.3 is 18.5 Å². The Morgan fingerprint density at radius 1 is 0.457 bits per heavy atom. The van der Waals surface area contributed by atoms with E-state index in [1.165, 1.54) is 50.7 Å². The highest BCUT2D eigenvalue weighted by Crippen LogP contribution is 2.27. The highest BCUT2D eigenvalue weighted by Gasteiger charge is 2.14. The van der Waals surface area contributed by atoms with Gasteiger partial charge in [-0.2, -0.15) is 0 Å². The molecule has 258 valence electrons. The van der Waals surface area contributed by atoms with E-state index in [1.54, 1.807) is 36.4 Å². The average Bonchev–Trinajstić information content (AvgIpc) is 3.05. The lowest BCUT2D eigenvalue weighted by Crippen LogP contribution is -2.00. The van der Waals surface area contributed by atoms with Gasteiger partial charge in [-0.1, -0.05) is 114 Å². The minimum Gasteiger partial charge on any atom is -0.487 e. The first-order valence-electron chi connectivity index (χ1n) is 17.0. The number of para-hydroxylation sites is 4. The number of unbranched alkanes of at least 4 members (excludes halogenated alkanes) is 16. The second-order valence-corrected chi connectivity index (χ2v) is 12.5. The Balaban J connectivity index is 1.26. The number of ether oxygens (including phenoxy) is 2. The lowest BCUT2D eigenvalue weighted by Gasteiger charge is -2.07. The van der Waals surface area contributed by atoms with Crippen LogP contribution in [0.2, 0.25) is 0 Å². The van der Waals surface area contributed by atoms with Crippen molar-refractivity contribution in [2.24, 2.45) is 0 Å². The maximum absolute atomic E-state index is 11.9. The standard InChI is InChI=1S/C34H53N2O9P/c37-35(38)31-23-15-17-25-33(31)42-27-19-11-7-3-1-5-9-13-21-29-44-46(41)45-30-22-14-10-6-2-4-8-12-20-28-43-34-26-18-16-24-32(34)36(39)40/h15-18,23-26,46H,1-14,19-22,27-30H2. The van der Waals surface area contributed by atoms with Gasteiger partial charge in [-0.25, -0.2) is 0 Å². The molecule has 0 bridgehead atoms. The van der Waals surface area contributed by atoms with E-state index in [0.717, 1.165) is 77.0 Å². The summed E-state index contributed by atoms with van der Waals surface area (Å²) in [5.74, 6) is 0.671. The molecule has 46 heavy (non-hydrogen) atoms. The zero-order valence-corrected chi connectivity index (χ0v) is 28.2. The van der Waals surface area contributed by atoms with Gasteiger partial charge in [0.2, 0.25) is 0 Å². The zero-order valence-electron chi connectivity index (χ0n) is 27.2. The van der Waals surface area contributed by atoms with E-state index in [4.69, 9.17) is 18.5 Å². The first-order chi connectivity index (χ1) is 22.5. The van der Waals surface area contributed by atoms with E-state index in [0.29, 0.717) is 37.9 Å². The highest BCUT2D eigenvalue weighted by molar-refractivity contribution is 7.33. The summed E-state index contributed by atoms with van der Waals surface area (Å²) in [5, 5.41) is 22.0. The number of hydrogen-bond acceptors (Lipinski definition) is 9. The molecule has 2 aromatic rings. The molecule has 0 fully saturated rings. The van der Waals surface area contributed by atoms with Gasteiger partial charge in [-0.3, -0.25) is 24.8 Å². The minimum atomic E-state index is -2.40. The van der Waals surface area contributed by atoms with Crippen LogP contribution in [0.4, 0.5) is 11.4 Å². The second-order valence-electron chi connectivity index (χ2n) is 11.5. The summed E-state index contributed by atoms with van der Waals surface area (Å²) in [5.41, 5.74) is 0.0241. The van der Waals surface area contributed by atoms with Gasteiger partial charge in [0.1, 0.15) is 0 Å². The summed E-state index contributed by atoms with van der Waals surface area (Å²) in [6, 6.07) is 13.0. The van der Waals surface area contributed by atoms with Gasteiger partial charge >= 0.3 is 19.6 Å². The van der Waals surface area contributed by atoms with E-state index in [-0.39, 0.29) is 11.4 Å². The van der Waals surface area contributed by atoms with Crippen LogP contribution < -0.4 is 9.47 Å². The first kappa shape index (κ1) is 39.2. The average molecular weight is 665 g/mol. The molecule has 0 saturated carbocycles. The maximum Gasteiger partial charge on any atom is 0.319 e. The predicted molar refractivity (Wildman–Crippen MR) is 181 cm³/mol. The van der Waals surface area contributed by atoms with Crippen LogP contribution in [0.25, 0.3) is 0 Å². The Labute approximate surface area is 274 Å². The van der Waals surface area contributed by atoms with Crippen molar-refractivity contribution in [3.63, 3.8) is 0 Å². The fourth-order valence-corrected chi connectivity index (χ4v) is 5.77. The summed E-state index contributed by atoms with van der Waals surface area (Å²) in [7, 11) is -2.40. The maximum atomic E-state index is 11.9. The van der Waals surface area contributed by atoms with Crippen molar-refractivity contribution in [2.45, 2.75) is 116 Å². The summed E-state index contributed by atoms with van der Waals surface area (Å²) in [6.45, 7) is 1.95. The Kier molecular flexibility index (Phi) is 22.2. The van der Waals surface area contributed by atoms with Crippen molar-refractivity contribution >= 4 is 19.6 Å². The molecule has 0 atom stereocenters. The van der Waals surface area contributed by atoms with Gasteiger partial charge in [-0.15, -0.1) is 0 Å². The molecule has 0 spiro atoms. The van der Waals surface area contributed by atoms with Crippen molar-refractivity contribution < 1.29 is 32.9 Å². The second kappa shape index (κ2) is 26.1. The van der Waals surface area contributed by atoms with Crippen LogP contribution in [0.3, 0.4) is 0 Å². The molecule has 0 radical (unpaired) electrons. The number of nitro benzene ring substituents is 2. The van der Waals surface area contributed by atoms with E-state index >= 15 is 0 Å². The Morgan fingerprint density at radius 3 is 1.07 bits per heavy atom. The monoisotopic (exact) mass is 664 g/mol. The minimum absolute atomic E-state index is 0.0120. The number of rotatable bonds is 30. The van der Waals surface area contributed by atoms with Gasteiger partial charge in [0.05, 0.1) is 36.3 Å². The summed E-state index contributed by atoms with van der Waals surface area (Å²) < 4.78 is 33.8. The molecule has 0 unspecified atom stereocenters. The molecule has 0 saturated heterocycles. The Bertz CT molecular complexity index is 1050. The summed E-state index contributed by atoms with van der Waals surface area (Å²) in [6.07, 6.45) is 19.4. The predicted octanol–water partition coefficient (Wildman–Crippen LogP) is 10.4. The zero-order chi connectivity index (χ0) is 33.1. The van der Waals surface area contributed by atoms with Crippen molar-refractivity contribution in [1.82, 2.24) is 0 Å². The van der Waals surface area contributed by atoms with Crippen LogP contribution in [-0.2, 0) is 13.6 Å². The van der Waals surface area contributed by atoms with Crippen molar-refractivity contribution in [1.29, 1.82) is 0 Å². The number of nitrogens with zero attached hydrogens (tertiary/aromatic N) is 2. The van der Waals surface area contributed by atoms with E-state index in [2.05, 4.69) is 0 Å². The lowest BCUT2D eigenvalue weighted by atomic mass is 10.1. The van der Waals surface area contributed by atoms with E-state index in [9.17, 15) is 24.8 Å². The fraction of sp³-hybridized carbons (Fsp3) is 0.647. The molecule has 0 N–H and O–H groups in total. The van der Waals surface area contributed by atoms with Crippen LogP contribution in [0.15, 0.2) is 48.5 Å². The third kappa shape index (κ3) is 18.8. The highest BCUT2D eigenvalue weighted by atomic mass is 31.1. The van der Waals surface area contributed by atoms with Crippen molar-refractivity contribution in [2.75, 3.05) is 26.4 Å². The quantitative estimate of drug-likeness (QED) is 0.0345. The van der Waals surface area contributed by atoms with Crippen molar-refractivity contribution in [3.8, 4) is 11.5 Å². The van der Waals surface area contributed by atoms with E-state index in [1.807, 2.05) is 0 Å². The fourth-order valence-electron chi connectivity index (χ4n) is 5.06. The van der Waals surface area contributed by atoms with Crippen LogP contribution >= 0.6 is 8.25 Å². The van der Waals surface area contributed by atoms with Gasteiger partial charge in [0.15, 0.2) is 11.5 Å². The SMILES string of the molecule is O=[N+]([O-])c1ccccc1OCCCCCCCCCCCO[PH](=O)OCCCCCCCCCCCOc1ccccc1[N+](=O)[O-]. The van der Waals surface area contributed by atoms with Crippen LogP contribution in [0.1, 0.15) is 116 Å². The Hall–Kier alpha value is -3.01. The summed E-state index contributed by atoms with van der Waals surface area (Å²) in [4.78, 5) is 21.2. The molecule has 0 amide bonds. The van der Waals surface area contributed by atoms with Gasteiger partial charge in [-0.05, 0) is 37.8 Å². The number of benzene rings is 2. The molecule has 0 aliphatic carbocycles. The summed E-state index contributed by atoms with van der Waals surface area (Å²) >= 11 is 0. The van der Waals surface area contributed by atoms with Gasteiger partial charge in [0.25, 0.3) is 0 Å². The van der Waals surface area contributed by atoms with Gasteiger partial charge in [0, 0.05) is 12.1 Å². The van der Waals surface area contributed by atoms with Crippen molar-refractivity contribution in [3.05, 3.63) is 68.8 Å². The number of nitro groups is 2. The Morgan fingerprint density at radius 2 is 0.739 bits per heavy atom. The van der Waals surface area contributed by atoms with Crippen LogP contribution in [0.5, 0.6) is 11.5 Å². The molecule has 0 aliphatic heterocycles. The number of hydrogen-bond donors (Lipinski definition) is 0. The molecular weight excluding hydrogens is 611 g/mol. The molecule has 12 heteroatoms. The molecular formula is C34H53N2O9P. The third-order valence-electron chi connectivity index (χ3n) is 7.66. The molecule has 2 rings (SSSR count). The molecule has 0 heterocycles. The van der Waals surface area contributed by atoms with Crippen LogP contribution in [-0.4, -0.2) is 36.3 Å². The topological polar surface area (TPSA) is 140 Å². The molecule has 0 aromatic heterocycles. The molecule has 11 nitrogen and oxygen atoms in total. The molecule has 0 aliphatic rings. The largest absolute Gasteiger partial charge is 0.487 e. The normalized spacial score (nSPS) is 11.2. The van der Waals surface area contributed by atoms with E-state index < -0.39 is 18.1 Å². The smallest absolute Gasteiger partial charge is 0.319 e. The molecule has 2 aromatic carbocycles.